The largest absolute Gasteiger partial charge is 0.416 e. The summed E-state index contributed by atoms with van der Waals surface area (Å²) in [4.78, 5) is 26.8. The second-order valence-electron chi connectivity index (χ2n) is 8.31. The van der Waals surface area contributed by atoms with Crippen LogP contribution >= 0.6 is 0 Å². The Kier molecular flexibility index (Phi) is 7.02. The van der Waals surface area contributed by atoms with Crippen LogP contribution < -0.4 is 10.9 Å². The Morgan fingerprint density at radius 3 is 2.49 bits per heavy atom. The highest BCUT2D eigenvalue weighted by Crippen LogP contribution is 2.31. The van der Waals surface area contributed by atoms with Crippen molar-refractivity contribution in [3.63, 3.8) is 0 Å². The molecule has 0 aliphatic heterocycles. The zero-order chi connectivity index (χ0) is 26.7. The number of benzene rings is 2. The number of carbonyl (C=O) groups is 1. The molecule has 0 aliphatic carbocycles. The van der Waals surface area contributed by atoms with Gasteiger partial charge in [0.25, 0.3) is 11.5 Å². The first-order valence-electron chi connectivity index (χ1n) is 11.5. The number of aromatic nitrogens is 4. The minimum absolute atomic E-state index is 0.0411. The summed E-state index contributed by atoms with van der Waals surface area (Å²) in [6, 6.07) is 14.5. The van der Waals surface area contributed by atoms with Gasteiger partial charge in [-0.2, -0.15) is 23.5 Å². The molecule has 2 heterocycles. The number of nitrogens with zero attached hydrogens (tertiary/aromatic N) is 5. The van der Waals surface area contributed by atoms with E-state index in [4.69, 9.17) is 5.26 Å². The van der Waals surface area contributed by atoms with Crippen molar-refractivity contribution < 1.29 is 18.0 Å². The van der Waals surface area contributed by atoms with E-state index in [1.165, 1.54) is 34.7 Å². The average molecular weight is 509 g/mol. The van der Waals surface area contributed by atoms with Gasteiger partial charge in [-0.05, 0) is 55.0 Å². The first-order chi connectivity index (χ1) is 17.7. The minimum atomic E-state index is -4.61. The molecule has 37 heavy (non-hydrogen) atoms. The molecule has 0 fully saturated rings. The third kappa shape index (κ3) is 4.91. The van der Waals surface area contributed by atoms with Crippen LogP contribution in [0.3, 0.4) is 0 Å². The summed E-state index contributed by atoms with van der Waals surface area (Å²) in [6.07, 6.45) is -1.61. The smallest absolute Gasteiger partial charge is 0.352 e. The third-order valence-corrected chi connectivity index (χ3v) is 5.85. The van der Waals surface area contributed by atoms with E-state index < -0.39 is 23.2 Å². The molecule has 0 spiro atoms. The van der Waals surface area contributed by atoms with Crippen LogP contribution in [-0.4, -0.2) is 31.6 Å². The molecule has 0 aliphatic rings. The lowest BCUT2D eigenvalue weighted by molar-refractivity contribution is -0.137. The van der Waals surface area contributed by atoms with Gasteiger partial charge in [0.1, 0.15) is 11.3 Å². The zero-order valence-electron chi connectivity index (χ0n) is 20.1. The summed E-state index contributed by atoms with van der Waals surface area (Å²) in [5, 5.41) is 16.2. The molecule has 4 aromatic rings. The van der Waals surface area contributed by atoms with Gasteiger partial charge >= 0.3 is 6.18 Å². The molecule has 4 rings (SSSR count). The maximum Gasteiger partial charge on any atom is 0.416 e. The van der Waals surface area contributed by atoms with Crippen LogP contribution in [0.2, 0.25) is 0 Å². The summed E-state index contributed by atoms with van der Waals surface area (Å²) in [5.74, 6) is -0.637. The van der Waals surface area contributed by atoms with Crippen molar-refractivity contribution in [2.45, 2.75) is 25.9 Å². The standard InChI is InChI=1S/C26H23F3N6O2/c1-3-4-13-31-24(36)22-23(21-12-14-32-34(21)19-10-8-17(16-30)9-11-19)33(2)35(25(22)37)20-7-5-6-18(15-20)26(27,28)29/h5-12,14-15H,3-4,13H2,1-2H3,(H,31,36). The van der Waals surface area contributed by atoms with Crippen molar-refractivity contribution in [2.75, 3.05) is 6.54 Å². The van der Waals surface area contributed by atoms with Crippen molar-refractivity contribution in [3.8, 4) is 28.8 Å². The van der Waals surface area contributed by atoms with Crippen molar-refractivity contribution in [1.82, 2.24) is 24.5 Å². The Balaban J connectivity index is 1.94. The van der Waals surface area contributed by atoms with Crippen LogP contribution in [0.1, 0.15) is 41.3 Å². The van der Waals surface area contributed by atoms with Gasteiger partial charge in [0.05, 0.1) is 40.5 Å². The predicted octanol–water partition coefficient (Wildman–Crippen LogP) is 4.45. The number of unbranched alkanes of at least 4 members (excludes halogenated alkanes) is 1. The molecule has 1 N–H and O–H groups in total. The normalized spacial score (nSPS) is 11.4. The van der Waals surface area contributed by atoms with Crippen LogP contribution in [0.25, 0.3) is 22.8 Å². The fourth-order valence-corrected chi connectivity index (χ4v) is 4.04. The highest BCUT2D eigenvalue weighted by molar-refractivity contribution is 5.99. The molecule has 2 aromatic carbocycles. The molecule has 190 valence electrons. The number of carbonyl (C=O) groups excluding carboxylic acids is 1. The first kappa shape index (κ1) is 25.5. The lowest BCUT2D eigenvalue weighted by Crippen LogP contribution is -2.30. The van der Waals surface area contributed by atoms with E-state index >= 15 is 0 Å². The average Bonchev–Trinajstić information content (AvgIpc) is 3.45. The van der Waals surface area contributed by atoms with Gasteiger partial charge in [0.15, 0.2) is 0 Å². The number of nitrogens with one attached hydrogen (secondary N) is 1. The molecule has 0 bridgehead atoms. The molecule has 11 heteroatoms. The fourth-order valence-electron chi connectivity index (χ4n) is 4.04. The molecule has 1 amide bonds. The van der Waals surface area contributed by atoms with E-state index in [9.17, 15) is 22.8 Å². The lowest BCUT2D eigenvalue weighted by atomic mass is 10.1. The molecular weight excluding hydrogens is 485 g/mol. The summed E-state index contributed by atoms with van der Waals surface area (Å²) >= 11 is 0. The first-order valence-corrected chi connectivity index (χ1v) is 11.5. The summed E-state index contributed by atoms with van der Waals surface area (Å²) < 4.78 is 44.1. The molecule has 0 unspecified atom stereocenters. The van der Waals surface area contributed by atoms with E-state index in [-0.39, 0.29) is 16.9 Å². The van der Waals surface area contributed by atoms with E-state index in [2.05, 4.69) is 10.4 Å². The van der Waals surface area contributed by atoms with Crippen LogP contribution in [-0.2, 0) is 13.2 Å². The predicted molar refractivity (Wildman–Crippen MR) is 131 cm³/mol. The summed E-state index contributed by atoms with van der Waals surface area (Å²) in [5.41, 5.74) is -0.386. The second-order valence-corrected chi connectivity index (χ2v) is 8.31. The van der Waals surface area contributed by atoms with E-state index in [0.717, 1.165) is 23.2 Å². The Morgan fingerprint density at radius 1 is 1.11 bits per heavy atom. The number of hydrogen-bond acceptors (Lipinski definition) is 4. The topological polar surface area (TPSA) is 97.6 Å². The number of nitriles is 1. The highest BCUT2D eigenvalue weighted by atomic mass is 19.4. The fraction of sp³-hybridized carbons (Fsp3) is 0.231. The molecule has 0 radical (unpaired) electrons. The van der Waals surface area contributed by atoms with Gasteiger partial charge in [-0.25, -0.2) is 9.36 Å². The molecule has 0 saturated carbocycles. The van der Waals surface area contributed by atoms with Gasteiger partial charge in [-0.3, -0.25) is 14.3 Å². The van der Waals surface area contributed by atoms with Crippen molar-refractivity contribution in [3.05, 3.63) is 87.8 Å². The maximum absolute atomic E-state index is 13.6. The van der Waals surface area contributed by atoms with E-state index in [1.807, 2.05) is 13.0 Å². The lowest BCUT2D eigenvalue weighted by Gasteiger charge is -2.14. The maximum atomic E-state index is 13.6. The van der Waals surface area contributed by atoms with Crippen molar-refractivity contribution in [2.24, 2.45) is 7.05 Å². The second kappa shape index (κ2) is 10.2. The number of alkyl halides is 3. The van der Waals surface area contributed by atoms with Gasteiger partial charge < -0.3 is 5.32 Å². The third-order valence-electron chi connectivity index (χ3n) is 5.85. The van der Waals surface area contributed by atoms with Crippen molar-refractivity contribution in [1.29, 1.82) is 5.26 Å². The summed E-state index contributed by atoms with van der Waals surface area (Å²) in [6.45, 7) is 2.29. The number of halogens is 3. The molecule has 0 saturated heterocycles. The van der Waals surface area contributed by atoms with Gasteiger partial charge in [-0.15, -0.1) is 0 Å². The Bertz CT molecular complexity index is 1540. The number of amides is 1. The zero-order valence-corrected chi connectivity index (χ0v) is 20.1. The van der Waals surface area contributed by atoms with Crippen LogP contribution in [0.4, 0.5) is 13.2 Å². The number of hydrogen-bond donors (Lipinski definition) is 1. The molecule has 0 atom stereocenters. The Hall–Kier alpha value is -4.59. The number of rotatable bonds is 7. The molecular formula is C26H23F3N6O2. The Labute approximate surface area is 210 Å². The molecule has 2 aromatic heterocycles. The minimum Gasteiger partial charge on any atom is -0.352 e. The van der Waals surface area contributed by atoms with E-state index in [1.54, 1.807) is 30.3 Å². The van der Waals surface area contributed by atoms with Crippen LogP contribution in [0.15, 0.2) is 65.6 Å². The van der Waals surface area contributed by atoms with E-state index in [0.29, 0.717) is 29.9 Å². The molecule has 8 nitrogen and oxygen atoms in total. The van der Waals surface area contributed by atoms with Crippen LogP contribution in [0.5, 0.6) is 0 Å². The Morgan fingerprint density at radius 2 is 1.84 bits per heavy atom. The van der Waals surface area contributed by atoms with Crippen LogP contribution in [0, 0.1) is 11.3 Å². The van der Waals surface area contributed by atoms with Gasteiger partial charge in [0.2, 0.25) is 0 Å². The highest BCUT2D eigenvalue weighted by Gasteiger charge is 2.32. The summed E-state index contributed by atoms with van der Waals surface area (Å²) in [7, 11) is 1.50. The quantitative estimate of drug-likeness (QED) is 0.373. The van der Waals surface area contributed by atoms with Gasteiger partial charge in [0, 0.05) is 13.6 Å². The van der Waals surface area contributed by atoms with Crippen molar-refractivity contribution >= 4 is 5.91 Å². The monoisotopic (exact) mass is 508 g/mol. The van der Waals surface area contributed by atoms with Gasteiger partial charge in [-0.1, -0.05) is 19.4 Å². The SMILES string of the molecule is CCCCNC(=O)c1c(-c2ccnn2-c2ccc(C#N)cc2)n(C)n(-c2cccc(C(F)(F)F)c2)c1=O.